The third-order valence-electron chi connectivity index (χ3n) is 5.95. The number of fused-ring (bicyclic) bond motifs is 1. The van der Waals surface area contributed by atoms with Gasteiger partial charge in [0, 0.05) is 33.4 Å². The number of amides is 1. The van der Waals surface area contributed by atoms with Crippen LogP contribution in [0.2, 0.25) is 0 Å². The number of para-hydroxylation sites is 2. The Morgan fingerprint density at radius 2 is 1.79 bits per heavy atom. The lowest BCUT2D eigenvalue weighted by Gasteiger charge is -2.12. The number of rotatable bonds is 9. The Balaban J connectivity index is 1.35. The summed E-state index contributed by atoms with van der Waals surface area (Å²) in [5.41, 5.74) is 7.24. The molecule has 0 aliphatic heterocycles. The van der Waals surface area contributed by atoms with E-state index in [-0.39, 0.29) is 11.7 Å². The van der Waals surface area contributed by atoms with Gasteiger partial charge in [-0.3, -0.25) is 9.36 Å². The number of carbonyl (C=O) groups excluding carboxylic acids is 1. The van der Waals surface area contributed by atoms with E-state index in [0.717, 1.165) is 33.4 Å². The van der Waals surface area contributed by atoms with E-state index in [1.54, 1.807) is 20.4 Å². The maximum atomic E-state index is 12.6. The highest BCUT2D eigenvalue weighted by atomic mass is 32.2. The number of benzene rings is 3. The van der Waals surface area contributed by atoms with Crippen molar-refractivity contribution in [3.63, 3.8) is 0 Å². The fourth-order valence-corrected chi connectivity index (χ4v) is 4.88. The summed E-state index contributed by atoms with van der Waals surface area (Å²) >= 11 is 1.28. The van der Waals surface area contributed by atoms with E-state index in [4.69, 9.17) is 9.47 Å². The van der Waals surface area contributed by atoms with Gasteiger partial charge in [-0.05, 0) is 43.3 Å². The van der Waals surface area contributed by atoms with Crippen LogP contribution in [0.5, 0.6) is 11.5 Å². The molecule has 2 heterocycles. The first-order chi connectivity index (χ1) is 18.6. The van der Waals surface area contributed by atoms with Gasteiger partial charge in [0.05, 0.1) is 26.2 Å². The molecule has 0 radical (unpaired) electrons. The van der Waals surface area contributed by atoms with Gasteiger partial charge in [-0.1, -0.05) is 48.2 Å². The number of aromatic amines is 1. The molecule has 5 rings (SSSR count). The van der Waals surface area contributed by atoms with Crippen LogP contribution in [-0.4, -0.2) is 51.8 Å². The van der Waals surface area contributed by atoms with Gasteiger partial charge in [-0.15, -0.1) is 10.2 Å². The van der Waals surface area contributed by atoms with Crippen molar-refractivity contribution in [3.8, 4) is 28.6 Å². The first-order valence-corrected chi connectivity index (χ1v) is 12.8. The first kappa shape index (κ1) is 25.1. The molecule has 0 bridgehead atoms. The van der Waals surface area contributed by atoms with Crippen molar-refractivity contribution >= 4 is 34.8 Å². The summed E-state index contributed by atoms with van der Waals surface area (Å²) in [6.07, 6.45) is 1.67. The lowest BCUT2D eigenvalue weighted by Crippen LogP contribution is -2.20. The number of aryl methyl sites for hydroxylation is 1. The molecule has 38 heavy (non-hydrogen) atoms. The van der Waals surface area contributed by atoms with E-state index in [9.17, 15) is 4.79 Å². The van der Waals surface area contributed by atoms with Gasteiger partial charge in [0.15, 0.2) is 22.5 Å². The van der Waals surface area contributed by atoms with Crippen molar-refractivity contribution in [3.05, 3.63) is 84.1 Å². The average molecular weight is 527 g/mol. The zero-order chi connectivity index (χ0) is 26.5. The van der Waals surface area contributed by atoms with Crippen molar-refractivity contribution in [1.82, 2.24) is 25.2 Å². The van der Waals surface area contributed by atoms with E-state index in [0.29, 0.717) is 22.5 Å². The molecule has 0 aliphatic rings. The number of H-pyrrole nitrogens is 1. The highest BCUT2D eigenvalue weighted by molar-refractivity contribution is 7.99. The molecule has 0 spiro atoms. The summed E-state index contributed by atoms with van der Waals surface area (Å²) in [5.74, 6) is 1.69. The number of hydrazone groups is 1. The molecule has 9 nitrogen and oxygen atoms in total. The average Bonchev–Trinajstić information content (AvgIpc) is 3.52. The topological polar surface area (TPSA) is 106 Å². The van der Waals surface area contributed by atoms with Crippen LogP contribution in [0.4, 0.5) is 0 Å². The van der Waals surface area contributed by atoms with E-state index in [1.165, 1.54) is 11.8 Å². The van der Waals surface area contributed by atoms with Crippen LogP contribution < -0.4 is 14.9 Å². The molecule has 10 heteroatoms. The second-order valence-corrected chi connectivity index (χ2v) is 9.28. The van der Waals surface area contributed by atoms with E-state index in [1.807, 2.05) is 84.3 Å². The SMILES string of the molecule is COc1ccc(-c2nnc(SCC(=O)N/N=C/c3c(C)[nH]c4ccccc34)n2-c2ccccc2)cc1OC. The van der Waals surface area contributed by atoms with Gasteiger partial charge in [-0.2, -0.15) is 5.10 Å². The number of hydrogen-bond donors (Lipinski definition) is 2. The van der Waals surface area contributed by atoms with E-state index >= 15 is 0 Å². The summed E-state index contributed by atoms with van der Waals surface area (Å²) in [4.78, 5) is 16.0. The van der Waals surface area contributed by atoms with Crippen LogP contribution in [-0.2, 0) is 4.79 Å². The predicted octanol–water partition coefficient (Wildman–Crippen LogP) is 4.98. The Bertz CT molecular complexity index is 1610. The fourth-order valence-electron chi connectivity index (χ4n) is 4.13. The van der Waals surface area contributed by atoms with Crippen LogP contribution in [0.25, 0.3) is 28.0 Å². The Labute approximate surface area is 223 Å². The summed E-state index contributed by atoms with van der Waals surface area (Å²) in [7, 11) is 3.18. The lowest BCUT2D eigenvalue weighted by molar-refractivity contribution is -0.118. The molecule has 0 atom stereocenters. The number of thioether (sulfide) groups is 1. The van der Waals surface area contributed by atoms with Crippen molar-refractivity contribution < 1.29 is 14.3 Å². The predicted molar refractivity (Wildman–Crippen MR) is 149 cm³/mol. The molecule has 2 N–H and O–H groups in total. The molecule has 0 saturated heterocycles. The van der Waals surface area contributed by atoms with Gasteiger partial charge in [0.2, 0.25) is 0 Å². The van der Waals surface area contributed by atoms with Crippen molar-refractivity contribution in [1.29, 1.82) is 0 Å². The molecule has 5 aromatic rings. The minimum Gasteiger partial charge on any atom is -0.493 e. The van der Waals surface area contributed by atoms with Gasteiger partial charge in [0.25, 0.3) is 5.91 Å². The van der Waals surface area contributed by atoms with Crippen LogP contribution >= 0.6 is 11.8 Å². The Morgan fingerprint density at radius 3 is 2.58 bits per heavy atom. The summed E-state index contributed by atoms with van der Waals surface area (Å²) < 4.78 is 12.7. The molecule has 3 aromatic carbocycles. The number of nitrogens with zero attached hydrogens (tertiary/aromatic N) is 4. The van der Waals surface area contributed by atoms with Crippen LogP contribution in [0, 0.1) is 6.92 Å². The minimum absolute atomic E-state index is 0.112. The normalized spacial score (nSPS) is 11.2. The van der Waals surface area contributed by atoms with Crippen LogP contribution in [0.1, 0.15) is 11.3 Å². The first-order valence-electron chi connectivity index (χ1n) is 11.8. The molecular weight excluding hydrogens is 500 g/mol. The number of ether oxygens (including phenoxy) is 2. The number of carbonyl (C=O) groups is 1. The van der Waals surface area contributed by atoms with Crippen molar-refractivity contribution in [2.75, 3.05) is 20.0 Å². The third-order valence-corrected chi connectivity index (χ3v) is 6.88. The smallest absolute Gasteiger partial charge is 0.250 e. The second-order valence-electron chi connectivity index (χ2n) is 8.34. The van der Waals surface area contributed by atoms with Gasteiger partial charge in [-0.25, -0.2) is 5.43 Å². The molecule has 0 unspecified atom stereocenters. The minimum atomic E-state index is -0.251. The molecule has 0 fully saturated rings. The van der Waals surface area contributed by atoms with Crippen molar-refractivity contribution in [2.24, 2.45) is 5.10 Å². The van der Waals surface area contributed by atoms with E-state index in [2.05, 4.69) is 25.7 Å². The molecule has 1 amide bonds. The number of nitrogens with one attached hydrogen (secondary N) is 2. The van der Waals surface area contributed by atoms with Gasteiger partial charge >= 0.3 is 0 Å². The maximum absolute atomic E-state index is 12.6. The van der Waals surface area contributed by atoms with E-state index < -0.39 is 0 Å². The molecule has 2 aromatic heterocycles. The fraction of sp³-hybridized carbons (Fsp3) is 0.143. The third kappa shape index (κ3) is 5.12. The van der Waals surface area contributed by atoms with Gasteiger partial charge in [0.1, 0.15) is 0 Å². The highest BCUT2D eigenvalue weighted by Crippen LogP contribution is 2.34. The summed E-state index contributed by atoms with van der Waals surface area (Å²) in [6, 6.07) is 23.3. The Morgan fingerprint density at radius 1 is 1.03 bits per heavy atom. The second kappa shape index (κ2) is 11.2. The molecular formula is C28H26N6O3S. The molecule has 192 valence electrons. The van der Waals surface area contributed by atoms with Crippen LogP contribution in [0.15, 0.2) is 83.1 Å². The van der Waals surface area contributed by atoms with Crippen LogP contribution in [0.3, 0.4) is 0 Å². The summed E-state index contributed by atoms with van der Waals surface area (Å²) in [5, 5.41) is 14.6. The molecule has 0 saturated carbocycles. The lowest BCUT2D eigenvalue weighted by atomic mass is 10.1. The largest absolute Gasteiger partial charge is 0.493 e. The Hall–Kier alpha value is -4.57. The number of hydrogen-bond acceptors (Lipinski definition) is 7. The quantitative estimate of drug-likeness (QED) is 0.159. The Kier molecular flexibility index (Phi) is 7.41. The summed E-state index contributed by atoms with van der Waals surface area (Å²) in [6.45, 7) is 1.98. The molecule has 0 aliphatic carbocycles. The van der Waals surface area contributed by atoms with Crippen molar-refractivity contribution in [2.45, 2.75) is 12.1 Å². The maximum Gasteiger partial charge on any atom is 0.250 e. The number of aromatic nitrogens is 4. The van der Waals surface area contributed by atoms with Gasteiger partial charge < -0.3 is 14.5 Å². The standard InChI is InChI=1S/C28H26N6O3S/c1-18-22(21-11-7-8-12-23(21)30-18)16-29-31-26(35)17-38-28-33-32-27(34(28)20-9-5-4-6-10-20)19-13-14-24(36-2)25(15-19)37-3/h4-16,30H,17H2,1-3H3,(H,31,35)/b29-16+. The number of methoxy groups -OCH3 is 2. The highest BCUT2D eigenvalue weighted by Gasteiger charge is 2.19. The zero-order valence-electron chi connectivity index (χ0n) is 21.1. The zero-order valence-corrected chi connectivity index (χ0v) is 22.0. The monoisotopic (exact) mass is 526 g/mol.